The van der Waals surface area contributed by atoms with Crippen LogP contribution in [0.15, 0.2) is 14.4 Å². The molecule has 14 heavy (non-hydrogen) atoms. The first kappa shape index (κ1) is 8.54. The number of aromatic nitrogens is 4. The number of fused-ring (bicyclic) bond motifs is 1. The molecular weight excluding hydrogens is 186 g/mol. The van der Waals surface area contributed by atoms with Crippen LogP contribution in [0.1, 0.15) is 12.6 Å². The van der Waals surface area contributed by atoms with Crippen molar-refractivity contribution in [2.75, 3.05) is 0 Å². The molecule has 7 nitrogen and oxygen atoms in total. The van der Waals surface area contributed by atoms with Crippen molar-refractivity contribution in [2.24, 2.45) is 5.10 Å². The Labute approximate surface area is 78.0 Å². The Morgan fingerprint density at radius 2 is 2.36 bits per heavy atom. The van der Waals surface area contributed by atoms with E-state index in [4.69, 9.17) is 4.52 Å². The minimum atomic E-state index is -0.383. The Hall–Kier alpha value is -2.05. The van der Waals surface area contributed by atoms with E-state index in [1.54, 1.807) is 13.8 Å². The first-order valence-electron chi connectivity index (χ1n) is 3.95. The van der Waals surface area contributed by atoms with Gasteiger partial charge in [-0.05, 0) is 19.1 Å². The first-order valence-corrected chi connectivity index (χ1v) is 3.95. The van der Waals surface area contributed by atoms with E-state index >= 15 is 0 Å². The Bertz CT molecular complexity index is 553. The third kappa shape index (κ3) is 1.10. The van der Waals surface area contributed by atoms with Gasteiger partial charge in [0.15, 0.2) is 0 Å². The molecule has 2 rings (SSSR count). The summed E-state index contributed by atoms with van der Waals surface area (Å²) < 4.78 is 4.77. The number of rotatable bonds is 1. The molecule has 0 aliphatic carbocycles. The Balaban J connectivity index is 2.86. The van der Waals surface area contributed by atoms with Gasteiger partial charge in [-0.15, -0.1) is 0 Å². The third-order valence-electron chi connectivity index (χ3n) is 1.69. The highest BCUT2D eigenvalue weighted by Crippen LogP contribution is 2.08. The number of aryl methyl sites for hydroxylation is 1. The van der Waals surface area contributed by atoms with Gasteiger partial charge in [-0.3, -0.25) is 4.79 Å². The maximum absolute atomic E-state index is 11.6. The Morgan fingerprint density at radius 1 is 1.57 bits per heavy atom. The summed E-state index contributed by atoms with van der Waals surface area (Å²) in [6.07, 6.45) is 1.45. The van der Waals surface area contributed by atoms with Gasteiger partial charge in [-0.25, -0.2) is 0 Å². The van der Waals surface area contributed by atoms with Gasteiger partial charge in [0.25, 0.3) is 5.71 Å². The molecule has 0 bridgehead atoms. The molecular formula is C7H7N5O2. The van der Waals surface area contributed by atoms with Crippen LogP contribution in [0.4, 0.5) is 0 Å². The fourth-order valence-electron chi connectivity index (χ4n) is 1.08. The van der Waals surface area contributed by atoms with Crippen LogP contribution in [-0.4, -0.2) is 26.5 Å². The van der Waals surface area contributed by atoms with E-state index in [2.05, 4.69) is 20.6 Å². The molecule has 0 aliphatic heterocycles. The van der Waals surface area contributed by atoms with Gasteiger partial charge in [0, 0.05) is 6.21 Å². The average Bonchev–Trinajstić information content (AvgIpc) is 2.54. The molecule has 0 aromatic carbocycles. The maximum atomic E-state index is 11.6. The Kier molecular flexibility index (Phi) is 1.84. The topological polar surface area (TPSA) is 86.2 Å². The molecule has 72 valence electrons. The van der Waals surface area contributed by atoms with Gasteiger partial charge in [0.05, 0.1) is 5.69 Å². The van der Waals surface area contributed by atoms with E-state index in [-0.39, 0.29) is 11.3 Å². The van der Waals surface area contributed by atoms with Gasteiger partial charge < -0.3 is 4.52 Å². The summed E-state index contributed by atoms with van der Waals surface area (Å²) >= 11 is 0. The van der Waals surface area contributed by atoms with Crippen LogP contribution in [0.25, 0.3) is 11.1 Å². The normalized spacial score (nSPS) is 11.6. The maximum Gasteiger partial charge on any atom is 0.304 e. The highest BCUT2D eigenvalue weighted by Gasteiger charge is 2.12. The second-order valence-electron chi connectivity index (χ2n) is 2.61. The molecule has 2 heterocycles. The van der Waals surface area contributed by atoms with Gasteiger partial charge >= 0.3 is 5.56 Å². The van der Waals surface area contributed by atoms with Crippen molar-refractivity contribution in [1.82, 2.24) is 20.3 Å². The monoisotopic (exact) mass is 193 g/mol. The van der Waals surface area contributed by atoms with Gasteiger partial charge in [0.2, 0.25) is 0 Å². The molecule has 0 aliphatic rings. The van der Waals surface area contributed by atoms with Gasteiger partial charge in [-0.1, -0.05) is 15.0 Å². The molecule has 7 heteroatoms. The van der Waals surface area contributed by atoms with E-state index in [0.717, 1.165) is 4.79 Å². The van der Waals surface area contributed by atoms with Crippen molar-refractivity contribution < 1.29 is 4.52 Å². The predicted octanol–water partition coefficient (Wildman–Crippen LogP) is -0.0583. The van der Waals surface area contributed by atoms with Crippen LogP contribution in [0.5, 0.6) is 0 Å². The molecule has 0 amide bonds. The molecule has 0 saturated heterocycles. The highest BCUT2D eigenvalue weighted by atomic mass is 16.5. The van der Waals surface area contributed by atoms with E-state index in [9.17, 15) is 4.79 Å². The number of hydrogen-bond acceptors (Lipinski definition) is 6. The summed E-state index contributed by atoms with van der Waals surface area (Å²) in [6.45, 7) is 3.34. The van der Waals surface area contributed by atoms with E-state index in [1.807, 2.05) is 0 Å². The largest absolute Gasteiger partial charge is 0.334 e. The van der Waals surface area contributed by atoms with Gasteiger partial charge in [-0.2, -0.15) is 5.10 Å². The molecule has 0 saturated carbocycles. The molecule has 0 unspecified atom stereocenters. The predicted molar refractivity (Wildman–Crippen MR) is 48.2 cm³/mol. The lowest BCUT2D eigenvalue weighted by Gasteiger charge is -1.92. The molecule has 0 atom stereocenters. The van der Waals surface area contributed by atoms with E-state index in [1.165, 1.54) is 6.21 Å². The van der Waals surface area contributed by atoms with Crippen molar-refractivity contribution in [2.45, 2.75) is 13.8 Å². The summed E-state index contributed by atoms with van der Waals surface area (Å²) in [4.78, 5) is 12.5. The molecule has 2 aromatic rings. The smallest absolute Gasteiger partial charge is 0.304 e. The first-order chi connectivity index (χ1) is 6.74. The zero-order valence-corrected chi connectivity index (χ0v) is 7.63. The van der Waals surface area contributed by atoms with Crippen molar-refractivity contribution in [1.29, 1.82) is 0 Å². The standard InChI is InChI=1S/C7H7N5O2/c1-3-8-12-7(13)5-4(2)10-14-6(5)9-11-12/h3H,1-2H3/b8-3+. The minimum absolute atomic E-state index is 0.134. The summed E-state index contributed by atoms with van der Waals surface area (Å²) in [5.41, 5.74) is 0.238. The lowest BCUT2D eigenvalue weighted by Crippen LogP contribution is -2.20. The van der Waals surface area contributed by atoms with E-state index < -0.39 is 0 Å². The lowest BCUT2D eigenvalue weighted by molar-refractivity contribution is 0.436. The summed E-state index contributed by atoms with van der Waals surface area (Å²) in [6, 6.07) is 0. The fourth-order valence-corrected chi connectivity index (χ4v) is 1.08. The van der Waals surface area contributed by atoms with Crippen molar-refractivity contribution in [3.05, 3.63) is 16.0 Å². The Morgan fingerprint density at radius 3 is 3.07 bits per heavy atom. The van der Waals surface area contributed by atoms with Crippen LogP contribution in [0.2, 0.25) is 0 Å². The molecule has 2 aromatic heterocycles. The highest BCUT2D eigenvalue weighted by molar-refractivity contribution is 5.73. The average molecular weight is 193 g/mol. The van der Waals surface area contributed by atoms with Crippen molar-refractivity contribution in [3.63, 3.8) is 0 Å². The van der Waals surface area contributed by atoms with Crippen molar-refractivity contribution in [3.8, 4) is 0 Å². The minimum Gasteiger partial charge on any atom is -0.334 e. The quantitative estimate of drug-likeness (QED) is 0.592. The van der Waals surface area contributed by atoms with Gasteiger partial charge in [0.1, 0.15) is 5.39 Å². The second-order valence-corrected chi connectivity index (χ2v) is 2.61. The molecule has 0 N–H and O–H groups in total. The number of hydrogen-bond donors (Lipinski definition) is 0. The fraction of sp³-hybridized carbons (Fsp3) is 0.286. The molecule has 0 fully saturated rings. The van der Waals surface area contributed by atoms with Crippen LogP contribution in [0.3, 0.4) is 0 Å². The second kappa shape index (κ2) is 3.02. The summed E-state index contributed by atoms with van der Waals surface area (Å²) in [5.74, 6) is 0. The van der Waals surface area contributed by atoms with Crippen LogP contribution < -0.4 is 5.56 Å². The van der Waals surface area contributed by atoms with Crippen LogP contribution >= 0.6 is 0 Å². The third-order valence-corrected chi connectivity index (χ3v) is 1.69. The SMILES string of the molecule is C/C=N/n1nnc2onc(C)c2c1=O. The number of nitrogens with zero attached hydrogens (tertiary/aromatic N) is 5. The zero-order valence-electron chi connectivity index (χ0n) is 7.63. The van der Waals surface area contributed by atoms with Crippen LogP contribution in [-0.2, 0) is 0 Å². The zero-order chi connectivity index (χ0) is 10.1. The molecule has 0 spiro atoms. The molecule has 0 radical (unpaired) electrons. The van der Waals surface area contributed by atoms with Crippen LogP contribution in [0, 0.1) is 6.92 Å². The lowest BCUT2D eigenvalue weighted by atomic mass is 10.3. The van der Waals surface area contributed by atoms with E-state index in [0.29, 0.717) is 11.1 Å². The van der Waals surface area contributed by atoms with Crippen molar-refractivity contribution >= 4 is 17.3 Å². The summed E-state index contributed by atoms with van der Waals surface area (Å²) in [7, 11) is 0. The summed E-state index contributed by atoms with van der Waals surface area (Å²) in [5, 5.41) is 14.8.